The van der Waals surface area contributed by atoms with Crippen molar-refractivity contribution >= 4 is 28.7 Å². The highest BCUT2D eigenvalue weighted by atomic mass is 32.1. The van der Waals surface area contributed by atoms with E-state index in [2.05, 4.69) is 46.8 Å². The van der Waals surface area contributed by atoms with Gasteiger partial charge < -0.3 is 19.7 Å². The number of nitrogens with one attached hydrogen (secondary N) is 1. The van der Waals surface area contributed by atoms with Crippen molar-refractivity contribution in [2.45, 2.75) is 32.2 Å². The first-order valence-corrected chi connectivity index (χ1v) is 10.3. The molecule has 0 radical (unpaired) electrons. The van der Waals surface area contributed by atoms with Crippen molar-refractivity contribution in [1.29, 1.82) is 0 Å². The summed E-state index contributed by atoms with van der Waals surface area (Å²) < 4.78 is 11.0. The molecule has 1 N–H and O–H groups in total. The summed E-state index contributed by atoms with van der Waals surface area (Å²) in [7, 11) is 3.37. The van der Waals surface area contributed by atoms with Gasteiger partial charge in [-0.2, -0.15) is 0 Å². The highest BCUT2D eigenvalue weighted by Crippen LogP contribution is 2.42. The van der Waals surface area contributed by atoms with Crippen LogP contribution in [0.3, 0.4) is 0 Å². The van der Waals surface area contributed by atoms with E-state index < -0.39 is 0 Å². The molecule has 1 aromatic carbocycles. The molecule has 0 bridgehead atoms. The van der Waals surface area contributed by atoms with Gasteiger partial charge >= 0.3 is 0 Å². The second kappa shape index (κ2) is 8.73. The lowest BCUT2D eigenvalue weighted by atomic mass is 9.91. The van der Waals surface area contributed by atoms with E-state index in [-0.39, 0.29) is 6.04 Å². The maximum atomic E-state index is 5.74. The second-order valence-electron chi connectivity index (χ2n) is 6.35. The summed E-state index contributed by atoms with van der Waals surface area (Å²) in [6, 6.07) is 8.61. The first-order chi connectivity index (χ1) is 12.7. The minimum absolute atomic E-state index is 0.111. The van der Waals surface area contributed by atoms with Gasteiger partial charge in [-0.25, -0.2) is 0 Å². The molecule has 1 unspecified atom stereocenters. The van der Waals surface area contributed by atoms with Crippen molar-refractivity contribution in [1.82, 2.24) is 10.2 Å². The van der Waals surface area contributed by atoms with Gasteiger partial charge in [0, 0.05) is 18.0 Å². The van der Waals surface area contributed by atoms with Gasteiger partial charge in [0.15, 0.2) is 16.6 Å². The molecule has 2 aromatic rings. The fourth-order valence-corrected chi connectivity index (χ4v) is 4.55. The van der Waals surface area contributed by atoms with E-state index in [1.165, 1.54) is 16.0 Å². The number of ether oxygens (including phenoxy) is 2. The Morgan fingerprint density at radius 2 is 2.08 bits per heavy atom. The smallest absolute Gasteiger partial charge is 0.169 e. The number of rotatable bonds is 6. The van der Waals surface area contributed by atoms with Gasteiger partial charge in [-0.05, 0) is 59.8 Å². The molecule has 0 fully saturated rings. The first-order valence-electron chi connectivity index (χ1n) is 9.02. The molecule has 4 nitrogen and oxygen atoms in total. The molecule has 6 heteroatoms. The fourth-order valence-electron chi connectivity index (χ4n) is 3.39. The van der Waals surface area contributed by atoms with Crippen molar-refractivity contribution in [2.75, 3.05) is 27.3 Å². The van der Waals surface area contributed by atoms with E-state index in [1.807, 2.05) is 0 Å². The molecule has 140 valence electrons. The molecule has 1 aromatic heterocycles. The normalized spacial score (nSPS) is 16.1. The van der Waals surface area contributed by atoms with E-state index >= 15 is 0 Å². The monoisotopic (exact) mass is 390 g/mol. The Kier molecular flexibility index (Phi) is 6.38. The number of methoxy groups -OCH3 is 2. The Labute approximate surface area is 165 Å². The Hall–Kier alpha value is -1.79. The first kappa shape index (κ1) is 19.0. The lowest BCUT2D eigenvalue weighted by molar-refractivity contribution is 0.327. The Morgan fingerprint density at radius 1 is 1.31 bits per heavy atom. The number of thiophene rings is 1. The van der Waals surface area contributed by atoms with Crippen molar-refractivity contribution in [2.24, 2.45) is 0 Å². The molecule has 0 saturated heterocycles. The minimum Gasteiger partial charge on any atom is -0.493 e. The van der Waals surface area contributed by atoms with Crippen LogP contribution in [0.1, 0.15) is 41.8 Å². The van der Waals surface area contributed by atoms with Crippen molar-refractivity contribution < 1.29 is 9.47 Å². The van der Waals surface area contributed by atoms with Crippen LogP contribution in [-0.4, -0.2) is 37.3 Å². The fraction of sp³-hybridized carbons (Fsp3) is 0.450. The zero-order chi connectivity index (χ0) is 18.5. The number of hydrogen-bond acceptors (Lipinski definition) is 4. The number of thiocarbonyl (C=S) groups is 1. The van der Waals surface area contributed by atoms with Crippen LogP contribution in [0.25, 0.3) is 0 Å². The number of unbranched alkanes of at least 4 members (excludes halogenated alkanes) is 1. The molecule has 3 rings (SSSR count). The summed E-state index contributed by atoms with van der Waals surface area (Å²) in [6.45, 7) is 4.00. The third-order valence-electron chi connectivity index (χ3n) is 4.75. The number of nitrogens with zero attached hydrogens (tertiary/aromatic N) is 1. The number of fused-ring (bicyclic) bond motifs is 1. The van der Waals surface area contributed by atoms with Gasteiger partial charge in [0.05, 0.1) is 20.3 Å². The third kappa shape index (κ3) is 3.81. The van der Waals surface area contributed by atoms with Crippen LogP contribution in [0, 0.1) is 0 Å². The summed E-state index contributed by atoms with van der Waals surface area (Å²) in [5.41, 5.74) is 2.55. The predicted octanol–water partition coefficient (Wildman–Crippen LogP) is 4.39. The minimum atomic E-state index is 0.111. The molecule has 1 aliphatic rings. The summed E-state index contributed by atoms with van der Waals surface area (Å²) in [5.74, 6) is 1.55. The molecule has 0 saturated carbocycles. The van der Waals surface area contributed by atoms with E-state index in [9.17, 15) is 0 Å². The molecular formula is C20H26N2O2S2. The lowest BCUT2D eigenvalue weighted by Gasteiger charge is -2.39. The maximum Gasteiger partial charge on any atom is 0.169 e. The van der Waals surface area contributed by atoms with Crippen molar-refractivity contribution in [3.63, 3.8) is 0 Å². The van der Waals surface area contributed by atoms with Crippen molar-refractivity contribution in [3.8, 4) is 11.5 Å². The Morgan fingerprint density at radius 3 is 2.73 bits per heavy atom. The van der Waals surface area contributed by atoms with Gasteiger partial charge in [0.2, 0.25) is 0 Å². The van der Waals surface area contributed by atoms with E-state index in [0.717, 1.165) is 49.0 Å². The van der Waals surface area contributed by atoms with Gasteiger partial charge in [-0.15, -0.1) is 11.3 Å². The molecule has 26 heavy (non-hydrogen) atoms. The zero-order valence-corrected chi connectivity index (χ0v) is 17.2. The standard InChI is InChI=1S/C20H26N2O2S2/c1-4-5-9-21-20(25)22-10-8-14-12-16(23-2)17(24-3)13-15(14)19(22)18-7-6-11-26-18/h6-7,11-13,19H,4-5,8-10H2,1-3H3,(H,21,25). The van der Waals surface area contributed by atoms with Crippen molar-refractivity contribution in [3.05, 3.63) is 45.6 Å². The quantitative estimate of drug-likeness (QED) is 0.584. The van der Waals surface area contributed by atoms with Gasteiger partial charge in [0.25, 0.3) is 0 Å². The Balaban J connectivity index is 1.98. The SMILES string of the molecule is CCCCNC(=S)N1CCc2cc(OC)c(OC)cc2C1c1cccs1. The number of hydrogen-bond donors (Lipinski definition) is 1. The van der Waals surface area contributed by atoms with E-state index in [4.69, 9.17) is 21.7 Å². The van der Waals surface area contributed by atoms with Gasteiger partial charge in [-0.3, -0.25) is 0 Å². The summed E-state index contributed by atoms with van der Waals surface area (Å²) >= 11 is 7.51. The maximum absolute atomic E-state index is 5.74. The lowest BCUT2D eigenvalue weighted by Crippen LogP contribution is -2.45. The molecule has 2 heterocycles. The predicted molar refractivity (Wildman–Crippen MR) is 112 cm³/mol. The van der Waals surface area contributed by atoms with Crippen LogP contribution >= 0.6 is 23.6 Å². The third-order valence-corrected chi connectivity index (χ3v) is 6.06. The molecule has 0 amide bonds. The average molecular weight is 391 g/mol. The number of benzene rings is 1. The van der Waals surface area contributed by atoms with Crippen LogP contribution in [0.2, 0.25) is 0 Å². The second-order valence-corrected chi connectivity index (χ2v) is 7.72. The molecular weight excluding hydrogens is 364 g/mol. The molecule has 0 aliphatic carbocycles. The van der Waals surface area contributed by atoms with E-state index in [0.29, 0.717) is 0 Å². The van der Waals surface area contributed by atoms with Crippen LogP contribution in [-0.2, 0) is 6.42 Å². The van der Waals surface area contributed by atoms with Gasteiger partial charge in [-0.1, -0.05) is 19.4 Å². The summed E-state index contributed by atoms with van der Waals surface area (Å²) in [5, 5.41) is 6.39. The topological polar surface area (TPSA) is 33.7 Å². The Bertz CT molecular complexity index is 747. The summed E-state index contributed by atoms with van der Waals surface area (Å²) in [6.07, 6.45) is 3.22. The van der Waals surface area contributed by atoms with Crippen LogP contribution < -0.4 is 14.8 Å². The highest BCUT2D eigenvalue weighted by molar-refractivity contribution is 7.80. The van der Waals surface area contributed by atoms with Gasteiger partial charge in [0.1, 0.15) is 0 Å². The zero-order valence-electron chi connectivity index (χ0n) is 15.6. The summed E-state index contributed by atoms with van der Waals surface area (Å²) in [4.78, 5) is 3.60. The van der Waals surface area contributed by atoms with Crippen LogP contribution in [0.5, 0.6) is 11.5 Å². The van der Waals surface area contributed by atoms with Crippen LogP contribution in [0.15, 0.2) is 29.6 Å². The highest BCUT2D eigenvalue weighted by Gasteiger charge is 2.32. The average Bonchev–Trinajstić information content (AvgIpc) is 3.20. The van der Waals surface area contributed by atoms with E-state index in [1.54, 1.807) is 25.6 Å². The van der Waals surface area contributed by atoms with Crippen LogP contribution in [0.4, 0.5) is 0 Å². The molecule has 1 aliphatic heterocycles. The largest absolute Gasteiger partial charge is 0.493 e. The molecule has 0 spiro atoms. The molecule has 1 atom stereocenters.